The van der Waals surface area contributed by atoms with E-state index < -0.39 is 61.8 Å². The number of non-ortho nitro benzene ring substituents is 1. The van der Waals surface area contributed by atoms with E-state index in [2.05, 4.69) is 51.5 Å². The number of hydrogen-bond acceptors (Lipinski definition) is 10. The largest absolute Gasteiger partial charge is 0.449 e. The third-order valence-electron chi connectivity index (χ3n) is 6.82. The standard InChI is InChI=1S/C36H37BrN4O10S2/c1-5-30(38-35(43)51-36(2,3)4)27-40(53(48,49)33-21-17-31(18-22-33)41(44)45)25-10-9-23-39(52(46,47)32-19-15-29(37)16-20-32)24-11-12-26-50-34(42)28-13-7-6-8-14-28/h5-8,13-22,30H,1,23-27H2,2-4H3,(H,38,43)/t30-/m0/s1. The normalized spacial score (nSPS) is 12.0. The van der Waals surface area contributed by atoms with Crippen molar-refractivity contribution < 1.29 is 40.8 Å². The maximum Gasteiger partial charge on any atom is 0.408 e. The SMILES string of the molecule is C=C[C@@H](CN(CC#CCN(CC#CCOC(=O)c1ccccc1)S(=O)(=O)c1ccc(Br)cc1)S(=O)(=O)c1ccc([N+](=O)[O-])cc1)NC(=O)OC(C)(C)C. The summed E-state index contributed by atoms with van der Waals surface area (Å²) in [7, 11) is -8.54. The summed E-state index contributed by atoms with van der Waals surface area (Å²) in [6.45, 7) is 6.73. The fourth-order valence-corrected chi connectivity index (χ4v) is 7.10. The molecular weight excluding hydrogens is 792 g/mol. The van der Waals surface area contributed by atoms with Crippen molar-refractivity contribution in [3.63, 3.8) is 0 Å². The number of esters is 1. The van der Waals surface area contributed by atoms with Gasteiger partial charge in [-0.15, -0.1) is 6.58 Å². The minimum atomic E-state index is -4.38. The second-order valence-corrected chi connectivity index (χ2v) is 16.7. The summed E-state index contributed by atoms with van der Waals surface area (Å²) in [5.74, 6) is 10.1. The van der Waals surface area contributed by atoms with Crippen molar-refractivity contribution in [3.8, 4) is 23.7 Å². The van der Waals surface area contributed by atoms with Crippen molar-refractivity contribution in [2.75, 3.05) is 32.8 Å². The molecule has 0 saturated heterocycles. The van der Waals surface area contributed by atoms with E-state index in [1.807, 2.05) is 0 Å². The van der Waals surface area contributed by atoms with E-state index in [4.69, 9.17) is 9.47 Å². The molecule has 3 aromatic rings. The Morgan fingerprint density at radius 2 is 1.38 bits per heavy atom. The van der Waals surface area contributed by atoms with Crippen molar-refractivity contribution in [1.29, 1.82) is 0 Å². The van der Waals surface area contributed by atoms with Crippen molar-refractivity contribution in [2.24, 2.45) is 0 Å². The van der Waals surface area contributed by atoms with Crippen LogP contribution in [0.25, 0.3) is 0 Å². The maximum atomic E-state index is 13.8. The van der Waals surface area contributed by atoms with Gasteiger partial charge in [0.05, 0.1) is 46.0 Å². The zero-order valence-corrected chi connectivity index (χ0v) is 32.2. The monoisotopic (exact) mass is 828 g/mol. The molecular formula is C36H37BrN4O10S2. The van der Waals surface area contributed by atoms with Gasteiger partial charge in [-0.25, -0.2) is 26.4 Å². The van der Waals surface area contributed by atoms with Crippen molar-refractivity contribution >= 4 is 53.7 Å². The van der Waals surface area contributed by atoms with Crippen LogP contribution in [0.5, 0.6) is 0 Å². The minimum absolute atomic E-state index is 0.0516. The lowest BCUT2D eigenvalue weighted by atomic mass is 10.2. The molecule has 280 valence electrons. The van der Waals surface area contributed by atoms with Crippen LogP contribution in [0.1, 0.15) is 31.1 Å². The highest BCUT2D eigenvalue weighted by atomic mass is 79.9. The van der Waals surface area contributed by atoms with Gasteiger partial charge >= 0.3 is 12.1 Å². The molecule has 3 aromatic carbocycles. The fourth-order valence-electron chi connectivity index (χ4n) is 4.22. The number of carbonyl (C=O) groups excluding carboxylic acids is 2. The molecule has 0 heterocycles. The molecule has 0 aliphatic heterocycles. The Morgan fingerprint density at radius 3 is 1.91 bits per heavy atom. The quantitative estimate of drug-likeness (QED) is 0.0765. The number of carbonyl (C=O) groups is 2. The highest BCUT2D eigenvalue weighted by molar-refractivity contribution is 9.10. The van der Waals surface area contributed by atoms with Crippen LogP contribution in [0.15, 0.2) is 106 Å². The van der Waals surface area contributed by atoms with Crippen LogP contribution in [0.2, 0.25) is 0 Å². The number of alkyl carbamates (subject to hydrolysis) is 1. The number of nitro benzene ring substituents is 1. The average Bonchev–Trinajstić information content (AvgIpc) is 3.10. The Hall–Kier alpha value is -5.04. The lowest BCUT2D eigenvalue weighted by Crippen LogP contribution is -2.46. The van der Waals surface area contributed by atoms with Crippen molar-refractivity contribution in [3.05, 3.63) is 112 Å². The first-order chi connectivity index (χ1) is 24.9. The molecule has 3 rings (SSSR count). The molecule has 0 radical (unpaired) electrons. The summed E-state index contributed by atoms with van der Waals surface area (Å²) in [5.41, 5.74) is -0.838. The molecule has 1 N–H and O–H groups in total. The van der Waals surface area contributed by atoms with Gasteiger partial charge in [0.15, 0.2) is 6.61 Å². The number of nitro groups is 1. The van der Waals surface area contributed by atoms with Crippen LogP contribution < -0.4 is 5.32 Å². The number of halogens is 1. The molecule has 0 spiro atoms. The highest BCUT2D eigenvalue weighted by Crippen LogP contribution is 2.21. The summed E-state index contributed by atoms with van der Waals surface area (Å²) >= 11 is 3.28. The van der Waals surface area contributed by atoms with Crippen molar-refractivity contribution in [1.82, 2.24) is 13.9 Å². The third-order valence-corrected chi connectivity index (χ3v) is 11.0. The molecule has 17 heteroatoms. The van der Waals surface area contributed by atoms with Crippen LogP contribution in [0, 0.1) is 33.8 Å². The minimum Gasteiger partial charge on any atom is -0.449 e. The predicted octanol–water partition coefficient (Wildman–Crippen LogP) is 4.98. The maximum absolute atomic E-state index is 13.8. The van der Waals surface area contributed by atoms with E-state index >= 15 is 0 Å². The van der Waals surface area contributed by atoms with Gasteiger partial charge in [0.2, 0.25) is 20.0 Å². The van der Waals surface area contributed by atoms with E-state index in [1.165, 1.54) is 18.2 Å². The lowest BCUT2D eigenvalue weighted by molar-refractivity contribution is -0.384. The van der Waals surface area contributed by atoms with E-state index in [0.717, 1.165) is 32.9 Å². The predicted molar refractivity (Wildman–Crippen MR) is 200 cm³/mol. The van der Waals surface area contributed by atoms with Gasteiger partial charge in [0.25, 0.3) is 5.69 Å². The zero-order valence-electron chi connectivity index (χ0n) is 29.0. The number of hydrogen-bond donors (Lipinski definition) is 1. The molecule has 0 aliphatic rings. The fraction of sp³-hybridized carbons (Fsp3) is 0.278. The van der Waals surface area contributed by atoms with Crippen LogP contribution >= 0.6 is 15.9 Å². The van der Waals surface area contributed by atoms with Gasteiger partial charge in [-0.3, -0.25) is 10.1 Å². The number of ether oxygens (including phenoxy) is 2. The van der Waals surface area contributed by atoms with Gasteiger partial charge < -0.3 is 14.8 Å². The smallest absolute Gasteiger partial charge is 0.408 e. The van der Waals surface area contributed by atoms with E-state index in [-0.39, 0.29) is 35.2 Å². The molecule has 0 aromatic heterocycles. The summed E-state index contributed by atoms with van der Waals surface area (Å²) in [6, 6.07) is 17.4. The van der Waals surface area contributed by atoms with Crippen LogP contribution in [0.4, 0.5) is 10.5 Å². The van der Waals surface area contributed by atoms with Crippen LogP contribution in [-0.2, 0) is 29.5 Å². The molecule has 53 heavy (non-hydrogen) atoms. The second-order valence-electron chi connectivity index (χ2n) is 11.9. The third kappa shape index (κ3) is 13.2. The average molecular weight is 830 g/mol. The van der Waals surface area contributed by atoms with Gasteiger partial charge in [0.1, 0.15) is 5.60 Å². The molecule has 14 nitrogen and oxygen atoms in total. The molecule has 0 fully saturated rings. The molecule has 1 atom stereocenters. The Bertz CT molecular complexity index is 2120. The molecule has 0 aliphatic carbocycles. The van der Waals surface area contributed by atoms with Crippen LogP contribution in [-0.4, -0.2) is 86.9 Å². The van der Waals surface area contributed by atoms with E-state index in [1.54, 1.807) is 63.2 Å². The Labute approximate surface area is 317 Å². The van der Waals surface area contributed by atoms with Crippen molar-refractivity contribution in [2.45, 2.75) is 42.2 Å². The first kappa shape index (κ1) is 42.4. The number of rotatable bonds is 14. The number of benzene rings is 3. The summed E-state index contributed by atoms with van der Waals surface area (Å²) in [6.07, 6.45) is 0.476. The Kier molecular flexibility index (Phi) is 15.3. The van der Waals surface area contributed by atoms with E-state index in [9.17, 15) is 36.5 Å². The molecule has 0 bridgehead atoms. The molecule has 1 amide bonds. The first-order valence-corrected chi connectivity index (χ1v) is 19.4. The van der Waals surface area contributed by atoms with Gasteiger partial charge in [-0.1, -0.05) is 63.9 Å². The summed E-state index contributed by atoms with van der Waals surface area (Å²) < 4.78 is 67.7. The van der Waals surface area contributed by atoms with Gasteiger partial charge in [-0.05, 0) is 69.3 Å². The number of nitrogens with one attached hydrogen (secondary N) is 1. The second kappa shape index (κ2) is 19.2. The molecule has 0 unspecified atom stereocenters. The number of nitrogens with zero attached hydrogens (tertiary/aromatic N) is 3. The molecule has 0 saturated carbocycles. The summed E-state index contributed by atoms with van der Waals surface area (Å²) in [4.78, 5) is 34.8. The highest BCUT2D eigenvalue weighted by Gasteiger charge is 2.28. The lowest BCUT2D eigenvalue weighted by Gasteiger charge is -2.26. The Morgan fingerprint density at radius 1 is 0.868 bits per heavy atom. The topological polar surface area (TPSA) is 183 Å². The zero-order chi connectivity index (χ0) is 39.2. The number of sulfonamides is 2. The van der Waals surface area contributed by atoms with Gasteiger partial charge in [-0.2, -0.15) is 8.61 Å². The summed E-state index contributed by atoms with van der Waals surface area (Å²) in [5, 5.41) is 13.7. The van der Waals surface area contributed by atoms with Crippen LogP contribution in [0.3, 0.4) is 0 Å². The van der Waals surface area contributed by atoms with E-state index in [0.29, 0.717) is 10.0 Å². The number of amides is 1. The Balaban J connectivity index is 1.88. The first-order valence-electron chi connectivity index (χ1n) is 15.7. The van der Waals surface area contributed by atoms with Gasteiger partial charge in [0, 0.05) is 23.2 Å².